The van der Waals surface area contributed by atoms with Gasteiger partial charge in [-0.15, -0.1) is 79.0 Å². The van der Waals surface area contributed by atoms with Crippen LogP contribution in [0.25, 0.3) is 39.0 Å². The molecule has 0 unspecified atom stereocenters. The summed E-state index contributed by atoms with van der Waals surface area (Å²) in [6.07, 6.45) is -34.4. The average molecular weight is 1010 g/mol. The lowest BCUT2D eigenvalue weighted by Crippen LogP contribution is -2.23. The molecule has 28 heteroatoms. The smallest absolute Gasteiger partial charge is 0.407 e. The van der Waals surface area contributed by atoms with Gasteiger partial charge in [0, 0.05) is 22.3 Å². The van der Waals surface area contributed by atoms with Gasteiger partial charge in [-0.05, 0) is 88.7 Å². The van der Waals surface area contributed by atoms with Crippen molar-refractivity contribution in [1.29, 1.82) is 21.0 Å². The van der Waals surface area contributed by atoms with Crippen molar-refractivity contribution in [3.63, 3.8) is 0 Å². The minimum Gasteiger partial charge on any atom is -0.407 e. The summed E-state index contributed by atoms with van der Waals surface area (Å²) < 4.78 is 263. The molecule has 366 valence electrons. The molecule has 0 heterocycles. The summed E-state index contributed by atoms with van der Waals surface area (Å²) in [7, 11) is 0. The van der Waals surface area contributed by atoms with Crippen LogP contribution < -0.4 is 14.2 Å². The topological polar surface area (TPSA) is 151 Å². The number of nitrogens with zero attached hydrogens (tertiary/aromatic N) is 4. The van der Waals surface area contributed by atoms with Crippen LogP contribution in [-0.4, -0.2) is 38.2 Å². The Balaban J connectivity index is 1.86. The van der Waals surface area contributed by atoms with Gasteiger partial charge >= 0.3 is 38.2 Å². The second-order valence-corrected chi connectivity index (χ2v) is 13.4. The molecule has 0 amide bonds. The molecular formula is C42H16F18N4O6. The molecular weight excluding hydrogens is 998 g/mol. The first-order chi connectivity index (χ1) is 32.1. The Morgan fingerprint density at radius 1 is 0.486 bits per heavy atom. The van der Waals surface area contributed by atoms with Gasteiger partial charge in [0.05, 0.1) is 0 Å². The minimum absolute atomic E-state index is 0.136. The van der Waals surface area contributed by atoms with E-state index in [1.807, 2.05) is 0 Å². The largest absolute Gasteiger partial charge is 0.573 e. The Kier molecular flexibility index (Phi) is 14.0. The van der Waals surface area contributed by atoms with Crippen LogP contribution in [0.5, 0.6) is 17.2 Å². The number of fused-ring (bicyclic) bond motifs is 4. The summed E-state index contributed by atoms with van der Waals surface area (Å²) in [5.74, 6) is -12.6. The molecule has 3 aromatic rings. The lowest BCUT2D eigenvalue weighted by Gasteiger charge is -2.21. The number of nitriles is 4. The molecule has 0 saturated carbocycles. The Bertz CT molecular complexity index is 2960. The van der Waals surface area contributed by atoms with Crippen LogP contribution in [0.3, 0.4) is 0 Å². The summed E-state index contributed by atoms with van der Waals surface area (Å²) in [5.41, 5.74) is -6.19. The summed E-state index contributed by atoms with van der Waals surface area (Å²) in [4.78, 5) is 0. The fraction of sp³-hybridized carbons (Fsp3) is 0.190. The first kappa shape index (κ1) is 52.6. The zero-order valence-electron chi connectivity index (χ0n) is 33.8. The maximum atomic E-state index is 13.7. The summed E-state index contributed by atoms with van der Waals surface area (Å²) in [6.45, 7) is 1.22. The molecule has 0 saturated heterocycles. The van der Waals surface area contributed by atoms with E-state index in [4.69, 9.17) is 0 Å². The number of allylic oxidation sites excluding steroid dienone is 10. The SMILES string of the molecule is C\C=C(/C=C(OC(F)(F)F)\C(OC(F)(F)F)=C(/C)OC(F)(F)F)c1ccc2c(c1)C1=C(C2=C(C#N)C#N)c2cc(-c3cc(OC(F)(F)F)c(OC(F)(F)F)c(OC(F)(F)F)c3)ccc2C1=C(C#N)C#N. The molecule has 0 aromatic heterocycles. The molecule has 0 atom stereocenters. The van der Waals surface area contributed by atoms with E-state index in [9.17, 15) is 100 Å². The molecule has 0 spiro atoms. The molecule has 2 aliphatic carbocycles. The molecule has 70 heavy (non-hydrogen) atoms. The number of rotatable bonds is 10. The number of ether oxygens (including phenoxy) is 6. The fourth-order valence-electron chi connectivity index (χ4n) is 6.88. The predicted octanol–water partition coefficient (Wildman–Crippen LogP) is 13.7. The van der Waals surface area contributed by atoms with Crippen LogP contribution in [0.1, 0.15) is 41.7 Å². The van der Waals surface area contributed by atoms with E-state index in [1.165, 1.54) is 0 Å². The highest BCUT2D eigenvalue weighted by atomic mass is 19.4. The standard InChI is InChI=1S/C42H16F18N4O6/c1-3-18(10-28(66-38(46,47)48)35(69-41(55,56)57)17(2)65-37(43,44)45)19-4-6-24-26(8-19)33-32(23(15-63)16-64)25-7-5-20(9-27(25)34(33)31(24)22(13-61)14-62)21-11-29(67-39(49,50)51)36(70-42(58,59)60)30(12-21)68-40(52,53)54/h3-12H,1-2H3/b18-3+,28-10+,35-17-. The van der Waals surface area contributed by atoms with Crippen LogP contribution in [0.15, 0.2) is 89.1 Å². The highest BCUT2D eigenvalue weighted by Crippen LogP contribution is 2.60. The Morgan fingerprint density at radius 3 is 1.31 bits per heavy atom. The van der Waals surface area contributed by atoms with Crippen LogP contribution >= 0.6 is 0 Å². The quantitative estimate of drug-likeness (QED) is 0.0831. The molecule has 0 radical (unpaired) electrons. The fourth-order valence-corrected chi connectivity index (χ4v) is 6.88. The van der Waals surface area contributed by atoms with Crippen molar-refractivity contribution in [2.75, 3.05) is 0 Å². The summed E-state index contributed by atoms with van der Waals surface area (Å²) in [5, 5.41) is 40.3. The third-order valence-electron chi connectivity index (χ3n) is 9.02. The van der Waals surface area contributed by atoms with Crippen molar-refractivity contribution in [3.05, 3.63) is 117 Å². The monoisotopic (exact) mass is 1010 g/mol. The predicted molar refractivity (Wildman–Crippen MR) is 197 cm³/mol. The van der Waals surface area contributed by atoms with Gasteiger partial charge in [-0.1, -0.05) is 30.3 Å². The van der Waals surface area contributed by atoms with E-state index in [1.54, 1.807) is 24.3 Å². The van der Waals surface area contributed by atoms with Crippen LogP contribution in [0, 0.1) is 45.3 Å². The summed E-state index contributed by atoms with van der Waals surface area (Å²) >= 11 is 0. The number of hydrogen-bond donors (Lipinski definition) is 0. The first-order valence-corrected chi connectivity index (χ1v) is 18.1. The number of halogens is 18. The number of benzene rings is 3. The Morgan fingerprint density at radius 2 is 0.914 bits per heavy atom. The van der Waals surface area contributed by atoms with Crippen molar-refractivity contribution >= 4 is 27.9 Å². The molecule has 10 nitrogen and oxygen atoms in total. The maximum Gasteiger partial charge on any atom is 0.573 e. The van der Waals surface area contributed by atoms with E-state index in [2.05, 4.69) is 28.4 Å². The molecule has 0 N–H and O–H groups in total. The highest BCUT2D eigenvalue weighted by molar-refractivity contribution is 6.38. The lowest BCUT2D eigenvalue weighted by molar-refractivity contribution is -0.332. The van der Waals surface area contributed by atoms with Gasteiger partial charge in [-0.3, -0.25) is 0 Å². The van der Waals surface area contributed by atoms with Gasteiger partial charge in [0.25, 0.3) is 0 Å². The van der Waals surface area contributed by atoms with E-state index in [0.717, 1.165) is 49.4 Å². The van der Waals surface area contributed by atoms with E-state index in [-0.39, 0.29) is 75.2 Å². The molecule has 0 fully saturated rings. The average Bonchev–Trinajstić information content (AvgIpc) is 3.70. The normalized spacial score (nSPS) is 14.5. The number of alkyl halides is 18. The van der Waals surface area contributed by atoms with Gasteiger partial charge in [0.15, 0.2) is 17.3 Å². The van der Waals surface area contributed by atoms with Gasteiger partial charge in [-0.2, -0.15) is 21.0 Å². The molecule has 3 aromatic carbocycles. The van der Waals surface area contributed by atoms with E-state index >= 15 is 0 Å². The van der Waals surface area contributed by atoms with Gasteiger partial charge in [0.2, 0.25) is 11.5 Å². The second kappa shape index (κ2) is 18.6. The van der Waals surface area contributed by atoms with Gasteiger partial charge in [-0.25, -0.2) is 0 Å². The van der Waals surface area contributed by atoms with Crippen LogP contribution in [-0.2, 0) is 14.2 Å². The highest BCUT2D eigenvalue weighted by Gasteiger charge is 2.45. The second-order valence-electron chi connectivity index (χ2n) is 13.4. The van der Waals surface area contributed by atoms with E-state index in [0.29, 0.717) is 0 Å². The molecule has 5 rings (SSSR count). The van der Waals surface area contributed by atoms with Crippen molar-refractivity contribution in [3.8, 4) is 52.7 Å². The van der Waals surface area contributed by atoms with Gasteiger partial charge in [0.1, 0.15) is 41.2 Å². The van der Waals surface area contributed by atoms with Crippen molar-refractivity contribution < 1.29 is 107 Å². The number of hydrogen-bond acceptors (Lipinski definition) is 10. The maximum absolute atomic E-state index is 13.7. The van der Waals surface area contributed by atoms with Crippen LogP contribution in [0.4, 0.5) is 79.0 Å². The Labute approximate surface area is 377 Å². The van der Waals surface area contributed by atoms with Crippen molar-refractivity contribution in [2.45, 2.75) is 52.0 Å². The molecule has 0 aliphatic heterocycles. The minimum atomic E-state index is -5.98. The van der Waals surface area contributed by atoms with Crippen molar-refractivity contribution in [1.82, 2.24) is 0 Å². The zero-order chi connectivity index (χ0) is 52.7. The Hall–Kier alpha value is -8.40. The van der Waals surface area contributed by atoms with E-state index < -0.39 is 101 Å². The van der Waals surface area contributed by atoms with Crippen molar-refractivity contribution in [2.24, 2.45) is 0 Å². The van der Waals surface area contributed by atoms with Crippen LogP contribution in [0.2, 0.25) is 0 Å². The molecule has 2 aliphatic rings. The van der Waals surface area contributed by atoms with Gasteiger partial charge < -0.3 is 28.4 Å². The first-order valence-electron chi connectivity index (χ1n) is 18.1. The third-order valence-corrected chi connectivity index (χ3v) is 9.02. The third kappa shape index (κ3) is 12.2. The molecule has 0 bridgehead atoms. The summed E-state index contributed by atoms with van der Waals surface area (Å²) in [6, 6.07) is 12.4. The lowest BCUT2D eigenvalue weighted by atomic mass is 9.87. The zero-order valence-corrected chi connectivity index (χ0v) is 33.8.